The lowest BCUT2D eigenvalue weighted by molar-refractivity contribution is -0.126. The topological polar surface area (TPSA) is 69.6 Å². The van der Waals surface area contributed by atoms with Crippen LogP contribution in [0.1, 0.15) is 34.6 Å². The second-order valence-electron chi connectivity index (χ2n) is 6.24. The van der Waals surface area contributed by atoms with Gasteiger partial charge >= 0.3 is 0 Å². The molecule has 4 nitrogen and oxygen atoms in total. The van der Waals surface area contributed by atoms with E-state index in [9.17, 15) is 4.79 Å². The Kier molecular flexibility index (Phi) is 3.12. The third kappa shape index (κ3) is 1.84. The summed E-state index contributed by atoms with van der Waals surface area (Å²) in [5.74, 6) is -0.141. The summed E-state index contributed by atoms with van der Waals surface area (Å²) in [5, 5.41) is 21.0. The van der Waals surface area contributed by atoms with Crippen molar-refractivity contribution in [3.8, 4) is 0 Å². The Morgan fingerprint density at radius 2 is 1.56 bits per heavy atom. The monoisotopic (exact) mass is 229 g/mol. The summed E-state index contributed by atoms with van der Waals surface area (Å²) in [5.41, 5.74) is -0.975. The summed E-state index contributed by atoms with van der Waals surface area (Å²) in [6.07, 6.45) is 0. The number of rotatable bonds is 4. The minimum atomic E-state index is -0.925. The number of hydrogen-bond acceptors (Lipinski definition) is 3. The number of carbonyl (C=O) groups excluding carboxylic acids is 1. The second kappa shape index (κ2) is 3.70. The first-order chi connectivity index (χ1) is 7.12. The van der Waals surface area contributed by atoms with Crippen LogP contribution >= 0.6 is 0 Å². The van der Waals surface area contributed by atoms with Gasteiger partial charge < -0.3 is 15.5 Å². The number of nitrogens with one attached hydrogen (secondary N) is 1. The zero-order valence-corrected chi connectivity index (χ0v) is 10.8. The molecule has 4 heteroatoms. The Bertz CT molecular complexity index is 279. The number of carbonyl (C=O) groups is 1. The molecule has 0 aromatic carbocycles. The van der Waals surface area contributed by atoms with Crippen LogP contribution in [-0.4, -0.2) is 34.9 Å². The number of amides is 1. The molecule has 0 aliphatic heterocycles. The van der Waals surface area contributed by atoms with Gasteiger partial charge in [0.05, 0.1) is 18.8 Å². The number of aliphatic hydroxyl groups is 2. The minimum Gasteiger partial charge on any atom is -0.394 e. The van der Waals surface area contributed by atoms with E-state index in [1.807, 2.05) is 0 Å². The Morgan fingerprint density at radius 3 is 1.81 bits per heavy atom. The molecule has 1 amide bonds. The summed E-state index contributed by atoms with van der Waals surface area (Å²) >= 11 is 0. The molecule has 1 aliphatic rings. The smallest absolute Gasteiger partial charge is 0.224 e. The van der Waals surface area contributed by atoms with E-state index >= 15 is 0 Å². The predicted molar refractivity (Wildman–Crippen MR) is 61.8 cm³/mol. The summed E-state index contributed by atoms with van der Waals surface area (Å²) in [7, 11) is 0. The summed E-state index contributed by atoms with van der Waals surface area (Å²) in [6.45, 7) is 9.36. The van der Waals surface area contributed by atoms with Crippen molar-refractivity contribution in [1.29, 1.82) is 0 Å². The number of hydrogen-bond donors (Lipinski definition) is 3. The van der Waals surface area contributed by atoms with Gasteiger partial charge in [-0.2, -0.15) is 0 Å². The van der Waals surface area contributed by atoms with E-state index in [4.69, 9.17) is 10.2 Å². The van der Waals surface area contributed by atoms with Crippen molar-refractivity contribution >= 4 is 5.91 Å². The van der Waals surface area contributed by atoms with Gasteiger partial charge in [0.1, 0.15) is 0 Å². The quantitative estimate of drug-likeness (QED) is 0.658. The maximum Gasteiger partial charge on any atom is 0.224 e. The van der Waals surface area contributed by atoms with Gasteiger partial charge in [-0.05, 0) is 17.8 Å². The van der Waals surface area contributed by atoms with Gasteiger partial charge in [-0.15, -0.1) is 0 Å². The first-order valence-corrected chi connectivity index (χ1v) is 5.66. The zero-order valence-electron chi connectivity index (χ0n) is 10.8. The zero-order chi connectivity index (χ0) is 12.8. The third-order valence-electron chi connectivity index (χ3n) is 4.41. The molecular weight excluding hydrogens is 206 g/mol. The van der Waals surface area contributed by atoms with Gasteiger partial charge in [-0.25, -0.2) is 0 Å². The maximum absolute atomic E-state index is 12.0. The highest BCUT2D eigenvalue weighted by Crippen LogP contribution is 2.68. The molecule has 1 fully saturated rings. The minimum absolute atomic E-state index is 0.0249. The first kappa shape index (κ1) is 13.5. The molecule has 1 saturated carbocycles. The van der Waals surface area contributed by atoms with E-state index < -0.39 is 5.54 Å². The molecule has 0 radical (unpaired) electrons. The molecule has 0 aromatic rings. The van der Waals surface area contributed by atoms with E-state index in [0.29, 0.717) is 0 Å². The molecule has 0 aromatic heterocycles. The van der Waals surface area contributed by atoms with Crippen LogP contribution in [0.15, 0.2) is 0 Å². The highest BCUT2D eigenvalue weighted by molar-refractivity contribution is 5.84. The van der Waals surface area contributed by atoms with Gasteiger partial charge in [0.2, 0.25) is 5.91 Å². The summed E-state index contributed by atoms with van der Waals surface area (Å²) < 4.78 is 0. The van der Waals surface area contributed by atoms with E-state index in [0.717, 1.165) is 0 Å². The molecule has 16 heavy (non-hydrogen) atoms. The Balaban J connectivity index is 2.70. The Hall–Kier alpha value is -0.610. The van der Waals surface area contributed by atoms with Crippen molar-refractivity contribution in [3.05, 3.63) is 0 Å². The fraction of sp³-hybridized carbons (Fsp3) is 0.917. The van der Waals surface area contributed by atoms with Crippen LogP contribution in [0.4, 0.5) is 0 Å². The van der Waals surface area contributed by atoms with Crippen LogP contribution in [0.2, 0.25) is 0 Å². The molecule has 94 valence electrons. The van der Waals surface area contributed by atoms with Crippen molar-refractivity contribution in [1.82, 2.24) is 5.32 Å². The normalized spacial score (nSPS) is 22.9. The van der Waals surface area contributed by atoms with E-state index in [2.05, 4.69) is 33.0 Å². The first-order valence-electron chi connectivity index (χ1n) is 5.66. The van der Waals surface area contributed by atoms with Crippen molar-refractivity contribution in [2.24, 2.45) is 16.7 Å². The molecule has 0 atom stereocenters. The van der Waals surface area contributed by atoms with Gasteiger partial charge in [0, 0.05) is 5.92 Å². The molecule has 0 saturated heterocycles. The van der Waals surface area contributed by atoms with E-state index in [-0.39, 0.29) is 35.9 Å². The van der Waals surface area contributed by atoms with Gasteiger partial charge in [-0.3, -0.25) is 4.79 Å². The fourth-order valence-corrected chi connectivity index (χ4v) is 2.35. The Labute approximate surface area is 97.0 Å². The van der Waals surface area contributed by atoms with Crippen LogP contribution in [0.5, 0.6) is 0 Å². The molecule has 1 aliphatic carbocycles. The maximum atomic E-state index is 12.0. The molecule has 0 bridgehead atoms. The highest BCUT2D eigenvalue weighted by Gasteiger charge is 2.68. The van der Waals surface area contributed by atoms with Crippen LogP contribution in [0.3, 0.4) is 0 Å². The van der Waals surface area contributed by atoms with Crippen LogP contribution in [-0.2, 0) is 4.79 Å². The molecule has 0 unspecified atom stereocenters. The van der Waals surface area contributed by atoms with Gasteiger partial charge in [-0.1, -0.05) is 27.7 Å². The predicted octanol–water partition coefficient (Wildman–Crippen LogP) is 0.528. The van der Waals surface area contributed by atoms with Crippen molar-refractivity contribution in [2.75, 3.05) is 13.2 Å². The lowest BCUT2D eigenvalue weighted by Crippen LogP contribution is -2.52. The average Bonchev–Trinajstić information content (AvgIpc) is 2.57. The largest absolute Gasteiger partial charge is 0.394 e. The van der Waals surface area contributed by atoms with Crippen molar-refractivity contribution < 1.29 is 15.0 Å². The van der Waals surface area contributed by atoms with Crippen LogP contribution < -0.4 is 5.32 Å². The van der Waals surface area contributed by atoms with Gasteiger partial charge in [0.15, 0.2) is 0 Å². The standard InChI is InChI=1S/C12H23NO3/c1-10(2)8(11(10,3)4)9(16)13-12(5,6-14)7-15/h8,14-15H,6-7H2,1-5H3,(H,13,16). The molecule has 0 heterocycles. The molecule has 1 rings (SSSR count). The third-order valence-corrected chi connectivity index (χ3v) is 4.41. The summed E-state index contributed by atoms with van der Waals surface area (Å²) in [6, 6.07) is 0. The number of aliphatic hydroxyl groups excluding tert-OH is 2. The Morgan fingerprint density at radius 1 is 1.19 bits per heavy atom. The highest BCUT2D eigenvalue weighted by atomic mass is 16.3. The van der Waals surface area contributed by atoms with Gasteiger partial charge in [0.25, 0.3) is 0 Å². The fourth-order valence-electron chi connectivity index (χ4n) is 2.35. The molecule has 3 N–H and O–H groups in total. The SMILES string of the molecule is CC(CO)(CO)NC(=O)C1C(C)(C)C1(C)C. The van der Waals surface area contributed by atoms with Crippen molar-refractivity contribution in [3.63, 3.8) is 0 Å². The van der Waals surface area contributed by atoms with Crippen LogP contribution in [0, 0.1) is 16.7 Å². The lowest BCUT2D eigenvalue weighted by atomic mass is 10.0. The summed E-state index contributed by atoms with van der Waals surface area (Å²) in [4.78, 5) is 12.0. The second-order valence-corrected chi connectivity index (χ2v) is 6.24. The lowest BCUT2D eigenvalue weighted by Gasteiger charge is -2.26. The average molecular weight is 229 g/mol. The molecular formula is C12H23NO3. The van der Waals surface area contributed by atoms with Crippen LogP contribution in [0.25, 0.3) is 0 Å². The van der Waals surface area contributed by atoms with E-state index in [1.165, 1.54) is 0 Å². The van der Waals surface area contributed by atoms with Crippen molar-refractivity contribution in [2.45, 2.75) is 40.2 Å². The van der Waals surface area contributed by atoms with E-state index in [1.54, 1.807) is 6.92 Å². The molecule has 0 spiro atoms.